The molecule has 23 heavy (non-hydrogen) atoms. The van der Waals surface area contributed by atoms with Gasteiger partial charge in [-0.05, 0) is 47.7 Å². The van der Waals surface area contributed by atoms with E-state index < -0.39 is 0 Å². The van der Waals surface area contributed by atoms with Gasteiger partial charge in [0.2, 0.25) is 0 Å². The first-order chi connectivity index (χ1) is 11.0. The predicted molar refractivity (Wildman–Crippen MR) is 89.1 cm³/mol. The summed E-state index contributed by atoms with van der Waals surface area (Å²) >= 11 is 0. The topological polar surface area (TPSA) is 38.3 Å². The largest absolute Gasteiger partial charge is 0.484 e. The van der Waals surface area contributed by atoms with Crippen molar-refractivity contribution >= 4 is 5.91 Å². The maximum atomic E-state index is 12.8. The number of hydrogen-bond donors (Lipinski definition) is 1. The van der Waals surface area contributed by atoms with Gasteiger partial charge in [0, 0.05) is 6.54 Å². The summed E-state index contributed by atoms with van der Waals surface area (Å²) in [7, 11) is 0. The molecule has 0 aromatic heterocycles. The summed E-state index contributed by atoms with van der Waals surface area (Å²) in [5.74, 6) is 0.733. The molecule has 2 aromatic rings. The van der Waals surface area contributed by atoms with Gasteiger partial charge in [0.15, 0.2) is 6.61 Å². The van der Waals surface area contributed by atoms with Crippen molar-refractivity contribution in [1.29, 1.82) is 0 Å². The molecule has 1 amide bonds. The van der Waals surface area contributed by atoms with E-state index in [2.05, 4.69) is 19.2 Å². The van der Waals surface area contributed by atoms with Crippen LogP contribution >= 0.6 is 0 Å². The molecule has 0 bridgehead atoms. The van der Waals surface area contributed by atoms with Crippen LogP contribution in [0.3, 0.4) is 0 Å². The van der Waals surface area contributed by atoms with Crippen molar-refractivity contribution in [2.45, 2.75) is 26.2 Å². The third-order valence-corrected chi connectivity index (χ3v) is 3.57. The van der Waals surface area contributed by atoms with E-state index in [1.165, 1.54) is 17.7 Å². The summed E-state index contributed by atoms with van der Waals surface area (Å²) in [5, 5.41) is 2.79. The number of carbonyl (C=O) groups is 1. The molecule has 2 aromatic carbocycles. The summed E-state index contributed by atoms with van der Waals surface area (Å²) in [6, 6.07) is 14.0. The Labute approximate surface area is 136 Å². The van der Waals surface area contributed by atoms with Crippen molar-refractivity contribution in [3.63, 3.8) is 0 Å². The number of ether oxygens (including phenoxy) is 1. The first-order valence-electron chi connectivity index (χ1n) is 7.78. The zero-order valence-electron chi connectivity index (χ0n) is 13.5. The van der Waals surface area contributed by atoms with Crippen molar-refractivity contribution < 1.29 is 13.9 Å². The number of amides is 1. The molecule has 0 aliphatic carbocycles. The van der Waals surface area contributed by atoms with Crippen LogP contribution in [-0.4, -0.2) is 19.1 Å². The number of carbonyl (C=O) groups excluding carboxylic acids is 1. The average molecular weight is 315 g/mol. The molecule has 0 unspecified atom stereocenters. The Balaban J connectivity index is 1.69. The van der Waals surface area contributed by atoms with E-state index in [9.17, 15) is 9.18 Å². The van der Waals surface area contributed by atoms with Gasteiger partial charge in [-0.15, -0.1) is 0 Å². The van der Waals surface area contributed by atoms with Crippen LogP contribution in [0.2, 0.25) is 0 Å². The molecule has 1 N–H and O–H groups in total. The highest BCUT2D eigenvalue weighted by molar-refractivity contribution is 5.77. The number of rotatable bonds is 7. The third kappa shape index (κ3) is 5.74. The van der Waals surface area contributed by atoms with E-state index in [0.29, 0.717) is 24.6 Å². The lowest BCUT2D eigenvalue weighted by Gasteiger charge is -2.09. The van der Waals surface area contributed by atoms with Gasteiger partial charge in [-0.25, -0.2) is 4.39 Å². The van der Waals surface area contributed by atoms with E-state index in [4.69, 9.17) is 4.74 Å². The quantitative estimate of drug-likeness (QED) is 0.846. The highest BCUT2D eigenvalue weighted by atomic mass is 19.1. The van der Waals surface area contributed by atoms with Gasteiger partial charge in [0.25, 0.3) is 5.91 Å². The number of benzene rings is 2. The van der Waals surface area contributed by atoms with Crippen molar-refractivity contribution in [2.75, 3.05) is 13.2 Å². The summed E-state index contributed by atoms with van der Waals surface area (Å²) in [6.45, 7) is 4.75. The van der Waals surface area contributed by atoms with Crippen LogP contribution in [-0.2, 0) is 11.2 Å². The second-order valence-electron chi connectivity index (χ2n) is 5.74. The molecule has 0 heterocycles. The van der Waals surface area contributed by atoms with E-state index in [1.807, 2.05) is 24.3 Å². The molecule has 0 atom stereocenters. The predicted octanol–water partition coefficient (Wildman–Crippen LogP) is 3.69. The fraction of sp³-hybridized carbons (Fsp3) is 0.316. The van der Waals surface area contributed by atoms with Crippen molar-refractivity contribution in [1.82, 2.24) is 5.32 Å². The average Bonchev–Trinajstić information content (AvgIpc) is 2.55. The third-order valence-electron chi connectivity index (χ3n) is 3.57. The standard InChI is InChI=1S/C19H22FNO2/c1-14(2)16-5-9-18(10-6-16)23-13-19(22)21-12-11-15-3-7-17(20)8-4-15/h3-10,14H,11-13H2,1-2H3,(H,21,22). The molecule has 2 rings (SSSR count). The fourth-order valence-electron chi connectivity index (χ4n) is 2.15. The highest BCUT2D eigenvalue weighted by Crippen LogP contribution is 2.18. The lowest BCUT2D eigenvalue weighted by molar-refractivity contribution is -0.123. The number of nitrogens with one attached hydrogen (secondary N) is 1. The van der Waals surface area contributed by atoms with Gasteiger partial charge < -0.3 is 10.1 Å². The Bertz CT molecular complexity index is 621. The lowest BCUT2D eigenvalue weighted by atomic mass is 10.0. The maximum Gasteiger partial charge on any atom is 0.257 e. The molecule has 0 radical (unpaired) electrons. The molecule has 122 valence electrons. The van der Waals surface area contributed by atoms with E-state index >= 15 is 0 Å². The van der Waals surface area contributed by atoms with Crippen molar-refractivity contribution in [2.24, 2.45) is 0 Å². The van der Waals surface area contributed by atoms with Crippen LogP contribution in [0.15, 0.2) is 48.5 Å². The van der Waals surface area contributed by atoms with Gasteiger partial charge in [0.05, 0.1) is 0 Å². The normalized spacial score (nSPS) is 10.6. The monoisotopic (exact) mass is 315 g/mol. The Kier molecular flexibility index (Phi) is 6.15. The van der Waals surface area contributed by atoms with Crippen LogP contribution in [0.25, 0.3) is 0 Å². The lowest BCUT2D eigenvalue weighted by Crippen LogP contribution is -2.30. The summed E-state index contributed by atoms with van der Waals surface area (Å²) in [5.41, 5.74) is 2.22. The summed E-state index contributed by atoms with van der Waals surface area (Å²) in [6.07, 6.45) is 0.662. The van der Waals surface area contributed by atoms with Crippen LogP contribution < -0.4 is 10.1 Å². The smallest absolute Gasteiger partial charge is 0.257 e. The molecular weight excluding hydrogens is 293 g/mol. The maximum absolute atomic E-state index is 12.8. The van der Waals surface area contributed by atoms with Gasteiger partial charge >= 0.3 is 0 Å². The Morgan fingerprint density at radius 2 is 1.74 bits per heavy atom. The molecule has 0 fully saturated rings. The molecular formula is C19H22FNO2. The minimum Gasteiger partial charge on any atom is -0.484 e. The van der Waals surface area contributed by atoms with Crippen molar-refractivity contribution in [3.8, 4) is 5.75 Å². The molecule has 3 nitrogen and oxygen atoms in total. The van der Waals surface area contributed by atoms with Crippen LogP contribution in [0, 0.1) is 5.82 Å². The minimum atomic E-state index is -0.255. The van der Waals surface area contributed by atoms with Gasteiger partial charge in [-0.3, -0.25) is 4.79 Å². The number of hydrogen-bond acceptors (Lipinski definition) is 2. The number of halogens is 1. The SMILES string of the molecule is CC(C)c1ccc(OCC(=O)NCCc2ccc(F)cc2)cc1. The van der Waals surface area contributed by atoms with E-state index in [-0.39, 0.29) is 18.3 Å². The molecule has 0 aliphatic heterocycles. The van der Waals surface area contributed by atoms with Gasteiger partial charge in [-0.2, -0.15) is 0 Å². The van der Waals surface area contributed by atoms with E-state index in [1.54, 1.807) is 12.1 Å². The highest BCUT2D eigenvalue weighted by Gasteiger charge is 2.04. The molecule has 0 saturated carbocycles. The molecule has 4 heteroatoms. The van der Waals surface area contributed by atoms with Crippen molar-refractivity contribution in [3.05, 3.63) is 65.5 Å². The Morgan fingerprint density at radius 3 is 2.35 bits per heavy atom. The van der Waals surface area contributed by atoms with Gasteiger partial charge in [0.1, 0.15) is 11.6 Å². The first-order valence-corrected chi connectivity index (χ1v) is 7.78. The Hall–Kier alpha value is -2.36. The van der Waals surface area contributed by atoms with E-state index in [0.717, 1.165) is 5.56 Å². The summed E-state index contributed by atoms with van der Waals surface area (Å²) in [4.78, 5) is 11.7. The second-order valence-corrected chi connectivity index (χ2v) is 5.74. The zero-order chi connectivity index (χ0) is 16.7. The molecule has 0 spiro atoms. The fourth-order valence-corrected chi connectivity index (χ4v) is 2.15. The minimum absolute atomic E-state index is 0.00948. The van der Waals surface area contributed by atoms with Crippen LogP contribution in [0.5, 0.6) is 5.75 Å². The summed E-state index contributed by atoms with van der Waals surface area (Å²) < 4.78 is 18.2. The second kappa shape index (κ2) is 8.32. The van der Waals surface area contributed by atoms with Crippen LogP contribution in [0.1, 0.15) is 30.9 Å². The zero-order valence-corrected chi connectivity index (χ0v) is 13.5. The first kappa shape index (κ1) is 17.0. The molecule has 0 saturated heterocycles. The van der Waals surface area contributed by atoms with Crippen LogP contribution in [0.4, 0.5) is 4.39 Å². The Morgan fingerprint density at radius 1 is 1.09 bits per heavy atom. The van der Waals surface area contributed by atoms with Gasteiger partial charge in [-0.1, -0.05) is 38.1 Å². The molecule has 0 aliphatic rings.